The highest BCUT2D eigenvalue weighted by Crippen LogP contribution is 2.58. The lowest BCUT2D eigenvalue weighted by molar-refractivity contribution is -0.153. The maximum Gasteiger partial charge on any atom is 0.317 e. The number of hydrogen-bond acceptors (Lipinski definition) is 4. The third kappa shape index (κ3) is 3.50. The molecule has 1 aromatic rings. The van der Waals surface area contributed by atoms with Crippen LogP contribution in [0, 0.1) is 41.4 Å². The monoisotopic (exact) mass is 444 g/mol. The quantitative estimate of drug-likeness (QED) is 0.318. The van der Waals surface area contributed by atoms with Gasteiger partial charge in [-0.1, -0.05) is 50.3 Å². The SMILES string of the molecule is C=C1COC(=O)[C@H]2CC=C3C=C[C@H]4[C@@H]5C[C@H](C)CC[C@H]5[C@H](Oc5ccc(cc5)C1)[C@@H]4[C@H]3C2=O. The van der Waals surface area contributed by atoms with Gasteiger partial charge in [-0.05, 0) is 78.2 Å². The Morgan fingerprint density at radius 1 is 1.06 bits per heavy atom. The normalized spacial score (nSPS) is 39.7. The smallest absolute Gasteiger partial charge is 0.317 e. The summed E-state index contributed by atoms with van der Waals surface area (Å²) < 4.78 is 12.4. The summed E-state index contributed by atoms with van der Waals surface area (Å²) in [6, 6.07) is 8.24. The van der Waals surface area contributed by atoms with Gasteiger partial charge in [-0.2, -0.15) is 0 Å². The van der Waals surface area contributed by atoms with E-state index in [0.29, 0.717) is 36.5 Å². The summed E-state index contributed by atoms with van der Waals surface area (Å²) in [4.78, 5) is 26.8. The number of ketones is 1. The van der Waals surface area contributed by atoms with Crippen molar-refractivity contribution in [2.24, 2.45) is 41.4 Å². The summed E-state index contributed by atoms with van der Waals surface area (Å²) in [5, 5.41) is 0. The molecule has 4 bridgehead atoms. The van der Waals surface area contributed by atoms with Crippen LogP contribution in [0.5, 0.6) is 5.75 Å². The second-order valence-electron chi connectivity index (χ2n) is 10.9. The molecule has 0 unspecified atom stereocenters. The van der Waals surface area contributed by atoms with Gasteiger partial charge in [0.15, 0.2) is 5.78 Å². The van der Waals surface area contributed by atoms with E-state index in [1.54, 1.807) is 0 Å². The van der Waals surface area contributed by atoms with Crippen LogP contribution in [-0.4, -0.2) is 24.5 Å². The van der Waals surface area contributed by atoms with Gasteiger partial charge in [0.05, 0.1) is 5.92 Å². The largest absolute Gasteiger partial charge is 0.490 e. The molecule has 0 N–H and O–H groups in total. The molecule has 0 aromatic heterocycles. The molecular weight excluding hydrogens is 412 g/mol. The number of esters is 1. The van der Waals surface area contributed by atoms with Gasteiger partial charge < -0.3 is 9.47 Å². The molecule has 4 heteroatoms. The Morgan fingerprint density at radius 2 is 1.88 bits per heavy atom. The summed E-state index contributed by atoms with van der Waals surface area (Å²) >= 11 is 0. The fraction of sp³-hybridized carbons (Fsp3) is 0.517. The molecule has 2 fully saturated rings. The lowest BCUT2D eigenvalue weighted by atomic mass is 9.65. The molecule has 33 heavy (non-hydrogen) atoms. The zero-order valence-corrected chi connectivity index (χ0v) is 19.2. The van der Waals surface area contributed by atoms with Crippen molar-refractivity contribution in [3.8, 4) is 5.75 Å². The van der Waals surface area contributed by atoms with E-state index in [1.807, 2.05) is 12.1 Å². The number of carbonyl (C=O) groups excluding carboxylic acids is 2. The number of allylic oxidation sites excluding steroid dienone is 4. The van der Waals surface area contributed by atoms with Crippen molar-refractivity contribution in [1.29, 1.82) is 0 Å². The number of carbonyl (C=O) groups is 2. The fourth-order valence-electron chi connectivity index (χ4n) is 7.29. The summed E-state index contributed by atoms with van der Waals surface area (Å²) in [7, 11) is 0. The third-order valence-electron chi connectivity index (χ3n) is 8.80. The van der Waals surface area contributed by atoms with Crippen molar-refractivity contribution in [3.05, 3.63) is 65.8 Å². The van der Waals surface area contributed by atoms with E-state index in [4.69, 9.17) is 9.47 Å². The molecule has 6 aliphatic rings. The lowest BCUT2D eigenvalue weighted by Gasteiger charge is -2.39. The zero-order chi connectivity index (χ0) is 22.7. The van der Waals surface area contributed by atoms with E-state index >= 15 is 0 Å². The van der Waals surface area contributed by atoms with Crippen LogP contribution < -0.4 is 4.74 Å². The van der Waals surface area contributed by atoms with Crippen molar-refractivity contribution in [2.45, 2.75) is 45.1 Å². The predicted octanol–water partition coefficient (Wildman–Crippen LogP) is 5.09. The zero-order valence-electron chi connectivity index (χ0n) is 19.2. The fourth-order valence-corrected chi connectivity index (χ4v) is 7.29. The van der Waals surface area contributed by atoms with Crippen LogP contribution in [0.1, 0.15) is 38.2 Å². The molecule has 2 saturated carbocycles. The van der Waals surface area contributed by atoms with Crippen LogP contribution >= 0.6 is 0 Å². The minimum Gasteiger partial charge on any atom is -0.490 e. The number of benzene rings is 1. The second kappa shape index (κ2) is 8.00. The standard InChI is InChI=1S/C29H32O4/c1-16-3-10-22-24(14-16)21-11-6-19-7-12-23-27(30)25(19)26(21)28(22)33-20-8-4-18(5-9-20)13-17(2)15-32-29(23)31/h4-9,11,16,21-26,28H,2-3,10,12-15H2,1H3/t16-,21+,22-,23+,24+,25+,26+,28+/m1/s1. The molecule has 8 atom stereocenters. The molecule has 2 heterocycles. The highest BCUT2D eigenvalue weighted by atomic mass is 16.5. The minimum atomic E-state index is -0.723. The topological polar surface area (TPSA) is 52.6 Å². The molecule has 172 valence electrons. The van der Waals surface area contributed by atoms with Gasteiger partial charge in [-0.25, -0.2) is 0 Å². The first-order valence-electron chi connectivity index (χ1n) is 12.5. The van der Waals surface area contributed by atoms with E-state index in [-0.39, 0.29) is 30.3 Å². The maximum absolute atomic E-state index is 13.8. The van der Waals surface area contributed by atoms with Gasteiger partial charge in [-0.15, -0.1) is 0 Å². The number of Topliss-reactive ketones (excluding diaryl/α,β-unsaturated/α-hetero) is 1. The molecule has 7 rings (SSSR count). The minimum absolute atomic E-state index is 0.0180. The summed E-state index contributed by atoms with van der Waals surface area (Å²) in [5.41, 5.74) is 3.00. The summed E-state index contributed by atoms with van der Waals surface area (Å²) in [5.74, 6) is 1.53. The van der Waals surface area contributed by atoms with Gasteiger partial charge in [0, 0.05) is 5.92 Å². The van der Waals surface area contributed by atoms with E-state index in [9.17, 15) is 9.59 Å². The van der Waals surface area contributed by atoms with E-state index in [0.717, 1.165) is 28.9 Å². The number of ether oxygens (including phenoxy) is 2. The first-order chi connectivity index (χ1) is 16.0. The second-order valence-corrected chi connectivity index (χ2v) is 10.9. The van der Waals surface area contributed by atoms with Gasteiger partial charge in [0.1, 0.15) is 24.4 Å². The van der Waals surface area contributed by atoms with Crippen LogP contribution in [-0.2, 0) is 20.7 Å². The lowest BCUT2D eigenvalue weighted by Crippen LogP contribution is -2.45. The predicted molar refractivity (Wildman–Crippen MR) is 125 cm³/mol. The Morgan fingerprint density at radius 3 is 2.70 bits per heavy atom. The van der Waals surface area contributed by atoms with E-state index in [1.165, 1.54) is 12.8 Å². The first-order valence-corrected chi connectivity index (χ1v) is 12.5. The van der Waals surface area contributed by atoms with Crippen molar-refractivity contribution < 1.29 is 19.1 Å². The molecule has 0 spiro atoms. The average molecular weight is 445 g/mol. The maximum atomic E-state index is 13.8. The van der Waals surface area contributed by atoms with Crippen LogP contribution in [0.3, 0.4) is 0 Å². The molecule has 0 amide bonds. The van der Waals surface area contributed by atoms with Gasteiger partial charge in [0.2, 0.25) is 0 Å². The molecule has 1 aromatic carbocycles. The van der Waals surface area contributed by atoms with Crippen molar-refractivity contribution in [2.75, 3.05) is 6.61 Å². The van der Waals surface area contributed by atoms with Gasteiger partial charge in [0.25, 0.3) is 0 Å². The Hall–Kier alpha value is -2.62. The third-order valence-corrected chi connectivity index (χ3v) is 8.80. The van der Waals surface area contributed by atoms with Crippen molar-refractivity contribution in [1.82, 2.24) is 0 Å². The van der Waals surface area contributed by atoms with Crippen molar-refractivity contribution >= 4 is 11.8 Å². The van der Waals surface area contributed by atoms with Crippen LogP contribution in [0.2, 0.25) is 0 Å². The number of fused-ring (bicyclic) bond motifs is 8. The average Bonchev–Trinajstić information content (AvgIpc) is 3.11. The Kier molecular flexibility index (Phi) is 5.08. The summed E-state index contributed by atoms with van der Waals surface area (Å²) in [6.45, 7) is 6.57. The molecule has 4 nitrogen and oxygen atoms in total. The molecular formula is C29H32O4. The molecule has 0 saturated heterocycles. The Labute approximate surface area is 195 Å². The number of hydrogen-bond donors (Lipinski definition) is 0. The Bertz CT molecular complexity index is 1050. The summed E-state index contributed by atoms with van der Waals surface area (Å²) in [6.07, 6.45) is 11.2. The van der Waals surface area contributed by atoms with Crippen LogP contribution in [0.25, 0.3) is 0 Å². The number of rotatable bonds is 0. The highest BCUT2D eigenvalue weighted by Gasteiger charge is 2.59. The van der Waals surface area contributed by atoms with Crippen molar-refractivity contribution in [3.63, 3.8) is 0 Å². The Balaban J connectivity index is 1.45. The molecule has 2 aliphatic heterocycles. The molecule has 4 aliphatic carbocycles. The van der Waals surface area contributed by atoms with E-state index in [2.05, 4.69) is 43.9 Å². The van der Waals surface area contributed by atoms with E-state index < -0.39 is 11.9 Å². The van der Waals surface area contributed by atoms with Gasteiger partial charge >= 0.3 is 5.97 Å². The van der Waals surface area contributed by atoms with Crippen LogP contribution in [0.15, 0.2) is 60.2 Å². The first kappa shape index (κ1) is 20.9. The van der Waals surface area contributed by atoms with Gasteiger partial charge in [-0.3, -0.25) is 9.59 Å². The molecule has 0 radical (unpaired) electrons. The highest BCUT2D eigenvalue weighted by molar-refractivity contribution is 6.03. The van der Waals surface area contributed by atoms with Crippen LogP contribution in [0.4, 0.5) is 0 Å².